The van der Waals surface area contributed by atoms with Gasteiger partial charge >= 0.3 is 0 Å². The lowest BCUT2D eigenvalue weighted by molar-refractivity contribution is 0.911. The highest BCUT2D eigenvalue weighted by atomic mass is 15.4. The number of aromatic nitrogens is 2. The van der Waals surface area contributed by atoms with Crippen LogP contribution in [0.2, 0.25) is 0 Å². The third-order valence-corrected chi connectivity index (χ3v) is 3.92. The quantitative estimate of drug-likeness (QED) is 0.472. The zero-order valence-corrected chi connectivity index (χ0v) is 11.4. The number of hydrogen-bond acceptors (Lipinski definition) is 3. The van der Waals surface area contributed by atoms with Gasteiger partial charge in [-0.1, -0.05) is 42.5 Å². The second-order valence-electron chi connectivity index (χ2n) is 5.18. The first-order chi connectivity index (χ1) is 10.3. The summed E-state index contributed by atoms with van der Waals surface area (Å²) in [5.41, 5.74) is 8.78. The van der Waals surface area contributed by atoms with Crippen LogP contribution in [0, 0.1) is 5.41 Å². The van der Waals surface area contributed by atoms with Gasteiger partial charge in [0.05, 0.1) is 5.69 Å². The van der Waals surface area contributed by atoms with Crippen LogP contribution in [0.4, 0.5) is 5.82 Å². The molecule has 0 fully saturated rings. The van der Waals surface area contributed by atoms with Gasteiger partial charge in [0.25, 0.3) is 0 Å². The molecule has 0 unspecified atom stereocenters. The topological polar surface area (TPSA) is 79.7 Å². The molecule has 0 saturated heterocycles. The Morgan fingerprint density at radius 1 is 1.19 bits per heavy atom. The molecule has 0 atom stereocenters. The van der Waals surface area contributed by atoms with Crippen LogP contribution in [-0.2, 0) is 6.42 Å². The fraction of sp³-hybridized carbons (Fsp3) is 0.125. The second-order valence-corrected chi connectivity index (χ2v) is 5.18. The molecule has 0 bridgehead atoms. The molecule has 1 aliphatic heterocycles. The molecular weight excluding hydrogens is 262 g/mol. The normalized spacial score (nSPS) is 13.1. The highest BCUT2D eigenvalue weighted by molar-refractivity contribution is 5.98. The molecule has 0 spiro atoms. The fourth-order valence-electron chi connectivity index (χ4n) is 3.00. The number of benzene rings is 2. The average molecular weight is 277 g/mol. The maximum Gasteiger partial charge on any atom is 0.215 e. The minimum atomic E-state index is -0.0628. The summed E-state index contributed by atoms with van der Waals surface area (Å²) in [5, 5.41) is 17.9. The summed E-state index contributed by atoms with van der Waals surface area (Å²) in [7, 11) is 0. The van der Waals surface area contributed by atoms with Crippen LogP contribution in [-0.4, -0.2) is 22.3 Å². The molecule has 0 radical (unpaired) electrons. The van der Waals surface area contributed by atoms with Gasteiger partial charge in [-0.05, 0) is 17.2 Å². The summed E-state index contributed by atoms with van der Waals surface area (Å²) in [6.45, 7) is 0.859. The van der Waals surface area contributed by atoms with Crippen LogP contribution in [0.25, 0.3) is 22.0 Å². The Morgan fingerprint density at radius 2 is 2.00 bits per heavy atom. The van der Waals surface area contributed by atoms with Gasteiger partial charge in [0.2, 0.25) is 5.96 Å². The Morgan fingerprint density at radius 3 is 2.86 bits per heavy atom. The van der Waals surface area contributed by atoms with Crippen molar-refractivity contribution in [3.05, 3.63) is 48.0 Å². The molecule has 2 heterocycles. The van der Waals surface area contributed by atoms with E-state index in [0.29, 0.717) is 0 Å². The Labute approximate surface area is 121 Å². The van der Waals surface area contributed by atoms with E-state index in [9.17, 15) is 0 Å². The zero-order valence-electron chi connectivity index (χ0n) is 11.4. The number of anilines is 1. The summed E-state index contributed by atoms with van der Waals surface area (Å²) < 4.78 is 1.49. The standard InChI is InChI=1S/C16H15N5/c17-16(18)21-15-13(8-9-19-15)14(20-21)12-7-3-5-10-4-1-2-6-11(10)12/h1-7,19H,8-9H2,(H3,17,18). The van der Waals surface area contributed by atoms with E-state index >= 15 is 0 Å². The second kappa shape index (κ2) is 4.34. The lowest BCUT2D eigenvalue weighted by Gasteiger charge is -2.05. The lowest BCUT2D eigenvalue weighted by atomic mass is 9.99. The molecule has 104 valence electrons. The van der Waals surface area contributed by atoms with E-state index in [1.807, 2.05) is 18.2 Å². The molecule has 0 amide bonds. The zero-order chi connectivity index (χ0) is 14.4. The van der Waals surface area contributed by atoms with E-state index in [0.717, 1.165) is 35.6 Å². The van der Waals surface area contributed by atoms with Gasteiger partial charge in [0, 0.05) is 17.7 Å². The van der Waals surface area contributed by atoms with Gasteiger partial charge in [0.15, 0.2) is 0 Å². The van der Waals surface area contributed by atoms with Crippen LogP contribution in [0.1, 0.15) is 5.56 Å². The van der Waals surface area contributed by atoms with E-state index in [2.05, 4.69) is 34.7 Å². The lowest BCUT2D eigenvalue weighted by Crippen LogP contribution is -2.23. The highest BCUT2D eigenvalue weighted by Gasteiger charge is 2.24. The summed E-state index contributed by atoms with van der Waals surface area (Å²) in [6, 6.07) is 14.5. The third kappa shape index (κ3) is 1.71. The predicted octanol–water partition coefficient (Wildman–Crippen LogP) is 2.41. The van der Waals surface area contributed by atoms with Crippen LogP contribution >= 0.6 is 0 Å². The van der Waals surface area contributed by atoms with Gasteiger partial charge in [-0.3, -0.25) is 5.41 Å². The molecule has 0 saturated carbocycles. The van der Waals surface area contributed by atoms with Crippen molar-refractivity contribution in [3.8, 4) is 11.3 Å². The van der Waals surface area contributed by atoms with E-state index in [1.54, 1.807) is 0 Å². The van der Waals surface area contributed by atoms with Crippen molar-refractivity contribution < 1.29 is 0 Å². The van der Waals surface area contributed by atoms with Crippen molar-refractivity contribution >= 4 is 22.5 Å². The maximum absolute atomic E-state index is 7.68. The average Bonchev–Trinajstić information content (AvgIpc) is 3.08. The summed E-state index contributed by atoms with van der Waals surface area (Å²) in [5.74, 6) is 0.789. The minimum absolute atomic E-state index is 0.0628. The van der Waals surface area contributed by atoms with E-state index in [4.69, 9.17) is 11.1 Å². The van der Waals surface area contributed by atoms with Gasteiger partial charge in [-0.15, -0.1) is 0 Å². The SMILES string of the molecule is N=C(N)n1nc(-c2cccc3ccccc23)c2c1NCC2. The van der Waals surface area contributed by atoms with Crippen molar-refractivity contribution in [3.63, 3.8) is 0 Å². The number of hydrogen-bond donors (Lipinski definition) is 3. The Kier molecular flexibility index (Phi) is 2.47. The molecule has 2 aromatic carbocycles. The van der Waals surface area contributed by atoms with E-state index < -0.39 is 0 Å². The first kappa shape index (κ1) is 12.0. The number of fused-ring (bicyclic) bond motifs is 2. The van der Waals surface area contributed by atoms with Crippen LogP contribution in [0.15, 0.2) is 42.5 Å². The molecule has 21 heavy (non-hydrogen) atoms. The molecule has 3 aromatic rings. The number of nitrogens with zero attached hydrogens (tertiary/aromatic N) is 2. The van der Waals surface area contributed by atoms with E-state index in [-0.39, 0.29) is 5.96 Å². The monoisotopic (exact) mass is 277 g/mol. The van der Waals surface area contributed by atoms with Gasteiger partial charge < -0.3 is 11.1 Å². The van der Waals surface area contributed by atoms with Crippen molar-refractivity contribution in [2.75, 3.05) is 11.9 Å². The Bertz CT molecular complexity index is 857. The van der Waals surface area contributed by atoms with Gasteiger partial charge in [-0.25, -0.2) is 0 Å². The Balaban J connectivity index is 2.02. The van der Waals surface area contributed by atoms with Crippen molar-refractivity contribution in [2.45, 2.75) is 6.42 Å². The largest absolute Gasteiger partial charge is 0.369 e. The molecule has 1 aliphatic rings. The van der Waals surface area contributed by atoms with Crippen molar-refractivity contribution in [2.24, 2.45) is 5.73 Å². The van der Waals surface area contributed by atoms with Crippen LogP contribution in [0.5, 0.6) is 0 Å². The van der Waals surface area contributed by atoms with Crippen LogP contribution < -0.4 is 11.1 Å². The molecule has 5 nitrogen and oxygen atoms in total. The molecular formula is C16H15N5. The summed E-state index contributed by atoms with van der Waals surface area (Å²) in [4.78, 5) is 0. The van der Waals surface area contributed by atoms with Crippen molar-refractivity contribution in [1.29, 1.82) is 5.41 Å². The number of nitrogens with two attached hydrogens (primary N) is 1. The molecule has 1 aromatic heterocycles. The highest BCUT2D eigenvalue weighted by Crippen LogP contribution is 2.35. The summed E-state index contributed by atoms with van der Waals surface area (Å²) >= 11 is 0. The first-order valence-corrected chi connectivity index (χ1v) is 6.94. The first-order valence-electron chi connectivity index (χ1n) is 6.94. The third-order valence-electron chi connectivity index (χ3n) is 3.92. The number of rotatable bonds is 1. The fourth-order valence-corrected chi connectivity index (χ4v) is 3.00. The molecule has 5 heteroatoms. The van der Waals surface area contributed by atoms with Crippen LogP contribution in [0.3, 0.4) is 0 Å². The smallest absolute Gasteiger partial charge is 0.215 e. The predicted molar refractivity (Wildman–Crippen MR) is 84.7 cm³/mol. The molecule has 4 N–H and O–H groups in total. The Hall–Kier alpha value is -2.82. The van der Waals surface area contributed by atoms with Crippen molar-refractivity contribution in [1.82, 2.24) is 9.78 Å². The molecule has 0 aliphatic carbocycles. The minimum Gasteiger partial charge on any atom is -0.369 e. The maximum atomic E-state index is 7.68. The van der Waals surface area contributed by atoms with Gasteiger partial charge in [0.1, 0.15) is 5.82 Å². The van der Waals surface area contributed by atoms with E-state index in [1.165, 1.54) is 15.5 Å². The molecule has 4 rings (SSSR count). The number of nitrogen functional groups attached to an aromatic ring is 1. The number of nitrogens with one attached hydrogen (secondary N) is 2. The summed E-state index contributed by atoms with van der Waals surface area (Å²) in [6.07, 6.45) is 0.904. The van der Waals surface area contributed by atoms with Gasteiger partial charge in [-0.2, -0.15) is 9.78 Å².